The normalized spacial score (nSPS) is 12.2. The van der Waals surface area contributed by atoms with Crippen LogP contribution in [0.3, 0.4) is 0 Å². The lowest BCUT2D eigenvalue weighted by atomic mass is 10.0. The maximum absolute atomic E-state index is 14.7. The Morgan fingerprint density at radius 3 is 2.11 bits per heavy atom. The van der Waals surface area contributed by atoms with E-state index in [4.69, 9.17) is 0 Å². The first kappa shape index (κ1) is 28.8. The van der Waals surface area contributed by atoms with E-state index < -0.39 is 40.2 Å². The Bertz CT molecular complexity index is 1350. The van der Waals surface area contributed by atoms with E-state index in [1.54, 1.807) is 42.5 Å². The lowest BCUT2D eigenvalue weighted by Crippen LogP contribution is -2.54. The van der Waals surface area contributed by atoms with E-state index in [1.165, 1.54) is 11.0 Å². The molecule has 1 atom stereocenters. The highest BCUT2D eigenvalue weighted by Crippen LogP contribution is 2.21. The largest absolute Gasteiger partial charge is 0.352 e. The Labute approximate surface area is 224 Å². The highest BCUT2D eigenvalue weighted by Gasteiger charge is 2.33. The number of anilines is 1. The van der Waals surface area contributed by atoms with Crippen molar-refractivity contribution in [3.05, 3.63) is 101 Å². The number of nitrogens with one attached hydrogen (secondary N) is 1. The van der Waals surface area contributed by atoms with Gasteiger partial charge in [0, 0.05) is 24.6 Å². The molecule has 3 aromatic rings. The summed E-state index contributed by atoms with van der Waals surface area (Å²) in [5.41, 5.74) is 2.28. The number of sulfonamides is 1. The standard InChI is InChI=1S/C29H34FN3O4S/c1-21(2)31-29(35)27(18-23-10-6-5-7-11-23)32(19-24-12-8-9-13-26(24)30)28(34)20-33(38(4,36)37)25-16-14-22(3)15-17-25/h5-17,21,27H,18-20H2,1-4H3,(H,31,35)/t27-/m0/s1. The first-order valence-corrected chi connectivity index (χ1v) is 14.2. The van der Waals surface area contributed by atoms with Gasteiger partial charge < -0.3 is 10.2 Å². The van der Waals surface area contributed by atoms with Crippen molar-refractivity contribution in [2.45, 2.75) is 45.8 Å². The Kier molecular flexibility index (Phi) is 9.63. The molecule has 0 radical (unpaired) electrons. The van der Waals surface area contributed by atoms with Gasteiger partial charge in [0.25, 0.3) is 0 Å². The minimum absolute atomic E-state index is 0.170. The quantitative estimate of drug-likeness (QED) is 0.398. The van der Waals surface area contributed by atoms with E-state index in [0.717, 1.165) is 21.7 Å². The predicted octanol–water partition coefficient (Wildman–Crippen LogP) is 4.06. The summed E-state index contributed by atoms with van der Waals surface area (Å²) in [6.07, 6.45) is 1.19. The first-order valence-electron chi connectivity index (χ1n) is 12.4. The monoisotopic (exact) mass is 539 g/mol. The van der Waals surface area contributed by atoms with Crippen LogP contribution in [-0.2, 0) is 32.6 Å². The summed E-state index contributed by atoms with van der Waals surface area (Å²) in [5.74, 6) is -1.56. The summed E-state index contributed by atoms with van der Waals surface area (Å²) in [6.45, 7) is 4.74. The average molecular weight is 540 g/mol. The summed E-state index contributed by atoms with van der Waals surface area (Å²) < 4.78 is 41.2. The van der Waals surface area contributed by atoms with Crippen LogP contribution in [-0.4, -0.2) is 50.0 Å². The molecule has 38 heavy (non-hydrogen) atoms. The highest BCUT2D eigenvalue weighted by molar-refractivity contribution is 7.92. The van der Waals surface area contributed by atoms with Crippen molar-refractivity contribution < 1.29 is 22.4 Å². The number of carbonyl (C=O) groups is 2. The van der Waals surface area contributed by atoms with Crippen molar-refractivity contribution in [1.29, 1.82) is 0 Å². The van der Waals surface area contributed by atoms with Crippen LogP contribution in [0.15, 0.2) is 78.9 Å². The third kappa shape index (κ3) is 7.89. The van der Waals surface area contributed by atoms with Gasteiger partial charge in [-0.05, 0) is 44.5 Å². The molecule has 9 heteroatoms. The van der Waals surface area contributed by atoms with E-state index >= 15 is 0 Å². The molecule has 0 fully saturated rings. The molecule has 0 bridgehead atoms. The van der Waals surface area contributed by atoms with Crippen LogP contribution in [0.4, 0.5) is 10.1 Å². The highest BCUT2D eigenvalue weighted by atomic mass is 32.2. The molecule has 1 N–H and O–H groups in total. The van der Waals surface area contributed by atoms with Gasteiger partial charge in [-0.1, -0.05) is 66.2 Å². The number of halogens is 1. The number of benzene rings is 3. The summed E-state index contributed by atoms with van der Waals surface area (Å²) >= 11 is 0. The molecule has 0 aliphatic rings. The number of carbonyl (C=O) groups excluding carboxylic acids is 2. The number of hydrogen-bond donors (Lipinski definition) is 1. The van der Waals surface area contributed by atoms with Crippen LogP contribution in [0, 0.1) is 12.7 Å². The van der Waals surface area contributed by atoms with Gasteiger partial charge in [-0.15, -0.1) is 0 Å². The summed E-state index contributed by atoms with van der Waals surface area (Å²) in [5, 5.41) is 2.86. The van der Waals surface area contributed by atoms with Crippen molar-refractivity contribution in [3.8, 4) is 0 Å². The molecule has 3 aromatic carbocycles. The van der Waals surface area contributed by atoms with Crippen molar-refractivity contribution in [2.24, 2.45) is 0 Å². The second-order valence-corrected chi connectivity index (χ2v) is 11.5. The lowest BCUT2D eigenvalue weighted by Gasteiger charge is -2.34. The molecule has 2 amide bonds. The number of hydrogen-bond acceptors (Lipinski definition) is 4. The zero-order valence-corrected chi connectivity index (χ0v) is 22.9. The number of aryl methyl sites for hydroxylation is 1. The van der Waals surface area contributed by atoms with E-state index in [0.29, 0.717) is 5.69 Å². The summed E-state index contributed by atoms with van der Waals surface area (Å²) in [7, 11) is -3.85. The van der Waals surface area contributed by atoms with Gasteiger partial charge in [0.15, 0.2) is 0 Å². The molecule has 0 spiro atoms. The molecule has 0 aliphatic carbocycles. The molecular weight excluding hydrogens is 505 g/mol. The maximum atomic E-state index is 14.7. The second-order valence-electron chi connectivity index (χ2n) is 9.59. The Hall–Kier alpha value is -3.72. The molecule has 0 aromatic heterocycles. The smallest absolute Gasteiger partial charge is 0.244 e. The zero-order valence-electron chi connectivity index (χ0n) is 22.1. The third-order valence-corrected chi connectivity index (χ3v) is 7.14. The van der Waals surface area contributed by atoms with Gasteiger partial charge in [-0.25, -0.2) is 12.8 Å². The fourth-order valence-corrected chi connectivity index (χ4v) is 4.92. The number of rotatable bonds is 11. The number of nitrogens with zero attached hydrogens (tertiary/aromatic N) is 2. The Balaban J connectivity index is 2.06. The fraction of sp³-hybridized carbons (Fsp3) is 0.310. The minimum atomic E-state index is -3.85. The molecule has 3 rings (SSSR count). The van der Waals surface area contributed by atoms with Gasteiger partial charge >= 0.3 is 0 Å². The number of amides is 2. The van der Waals surface area contributed by atoms with Gasteiger partial charge in [0.2, 0.25) is 21.8 Å². The molecule has 0 saturated heterocycles. The molecule has 0 aliphatic heterocycles. The van der Waals surface area contributed by atoms with Crippen LogP contribution in [0.2, 0.25) is 0 Å². The molecule has 0 heterocycles. The van der Waals surface area contributed by atoms with E-state index in [-0.39, 0.29) is 24.6 Å². The van der Waals surface area contributed by atoms with Crippen molar-refractivity contribution in [1.82, 2.24) is 10.2 Å². The van der Waals surface area contributed by atoms with Crippen molar-refractivity contribution in [3.63, 3.8) is 0 Å². The topological polar surface area (TPSA) is 86.8 Å². The first-order chi connectivity index (χ1) is 18.0. The minimum Gasteiger partial charge on any atom is -0.352 e. The van der Waals surface area contributed by atoms with Crippen molar-refractivity contribution >= 4 is 27.5 Å². The molecule has 202 valence electrons. The van der Waals surface area contributed by atoms with Gasteiger partial charge in [-0.2, -0.15) is 0 Å². The molecule has 7 nitrogen and oxygen atoms in total. The van der Waals surface area contributed by atoms with Gasteiger partial charge in [-0.3, -0.25) is 13.9 Å². The van der Waals surface area contributed by atoms with E-state index in [1.807, 2.05) is 51.1 Å². The lowest BCUT2D eigenvalue weighted by molar-refractivity contribution is -0.140. The predicted molar refractivity (Wildman–Crippen MR) is 148 cm³/mol. The molecular formula is C29H34FN3O4S. The van der Waals surface area contributed by atoms with Crippen LogP contribution in [0.1, 0.15) is 30.5 Å². The van der Waals surface area contributed by atoms with Crippen LogP contribution >= 0.6 is 0 Å². The molecule has 0 unspecified atom stereocenters. The Morgan fingerprint density at radius 2 is 1.53 bits per heavy atom. The van der Waals surface area contributed by atoms with Crippen LogP contribution < -0.4 is 9.62 Å². The van der Waals surface area contributed by atoms with E-state index in [2.05, 4.69) is 5.32 Å². The SMILES string of the molecule is Cc1ccc(N(CC(=O)N(Cc2ccccc2F)[C@@H](Cc2ccccc2)C(=O)NC(C)C)S(C)(=O)=O)cc1. The Morgan fingerprint density at radius 1 is 0.921 bits per heavy atom. The second kappa shape index (κ2) is 12.7. The maximum Gasteiger partial charge on any atom is 0.244 e. The van der Waals surface area contributed by atoms with Gasteiger partial charge in [0.1, 0.15) is 18.4 Å². The third-order valence-electron chi connectivity index (χ3n) is 6.00. The van der Waals surface area contributed by atoms with Crippen LogP contribution in [0.5, 0.6) is 0 Å². The van der Waals surface area contributed by atoms with Gasteiger partial charge in [0.05, 0.1) is 11.9 Å². The molecule has 0 saturated carbocycles. The van der Waals surface area contributed by atoms with Crippen molar-refractivity contribution in [2.75, 3.05) is 17.1 Å². The zero-order chi connectivity index (χ0) is 27.9. The van der Waals surface area contributed by atoms with E-state index in [9.17, 15) is 22.4 Å². The fourth-order valence-electron chi connectivity index (χ4n) is 4.07. The summed E-state index contributed by atoms with van der Waals surface area (Å²) in [6, 6.07) is 20.8. The average Bonchev–Trinajstić information content (AvgIpc) is 2.85. The van der Waals surface area contributed by atoms with Crippen LogP contribution in [0.25, 0.3) is 0 Å². The summed E-state index contributed by atoms with van der Waals surface area (Å²) in [4.78, 5) is 28.6.